The molecule has 1 N–H and O–H groups in total. The second-order valence-electron chi connectivity index (χ2n) is 12.9. The second kappa shape index (κ2) is 12.7. The Balaban J connectivity index is 1.34. The van der Waals surface area contributed by atoms with E-state index in [1.807, 2.05) is 25.1 Å². The van der Waals surface area contributed by atoms with Crippen LogP contribution in [0.5, 0.6) is 0 Å². The van der Waals surface area contributed by atoms with E-state index in [1.54, 1.807) is 32.7 Å². The third kappa shape index (κ3) is 6.42. The molecule has 0 aliphatic carbocycles. The Morgan fingerprint density at radius 3 is 2.30 bits per heavy atom. The summed E-state index contributed by atoms with van der Waals surface area (Å²) in [5.74, 6) is -0.498. The molecular weight excluding hydrogens is 735 g/mol. The zero-order valence-electron chi connectivity index (χ0n) is 27.2. The largest absolute Gasteiger partial charge is 0.443 e. The third-order valence-corrected chi connectivity index (χ3v) is 9.85. The second-order valence-corrected chi connectivity index (χ2v) is 14.6. The van der Waals surface area contributed by atoms with E-state index in [1.165, 1.54) is 15.7 Å². The molecule has 47 heavy (non-hydrogen) atoms. The molecule has 0 spiro atoms. The Morgan fingerprint density at radius 2 is 1.64 bits per heavy atom. The summed E-state index contributed by atoms with van der Waals surface area (Å²) in [6, 6.07) is 9.83. The van der Waals surface area contributed by atoms with Crippen molar-refractivity contribution in [2.75, 3.05) is 66.3 Å². The smallest absolute Gasteiger partial charge is 0.414 e. The molecule has 11 nitrogen and oxygen atoms in total. The fourth-order valence-corrected chi connectivity index (χ4v) is 7.28. The molecule has 0 saturated carbocycles. The maximum atomic E-state index is 16.5. The molecule has 0 unspecified atom stereocenters. The molecule has 1 saturated heterocycles. The molecule has 4 heterocycles. The summed E-state index contributed by atoms with van der Waals surface area (Å²) in [6.07, 6.45) is 0.863. The number of benzene rings is 2. The number of hydrogen-bond acceptors (Lipinski definition) is 9. The molecule has 248 valence electrons. The summed E-state index contributed by atoms with van der Waals surface area (Å²) in [7, 11) is 3.69. The van der Waals surface area contributed by atoms with Gasteiger partial charge < -0.3 is 24.8 Å². The predicted octanol–water partition coefficient (Wildman–Crippen LogP) is 6.69. The number of aromatic nitrogens is 3. The van der Waals surface area contributed by atoms with Gasteiger partial charge in [-0.1, -0.05) is 15.9 Å². The van der Waals surface area contributed by atoms with Crippen LogP contribution < -0.4 is 25.6 Å². The summed E-state index contributed by atoms with van der Waals surface area (Å²) in [6.45, 7) is 11.5. The van der Waals surface area contributed by atoms with Crippen LogP contribution in [0.25, 0.3) is 11.0 Å². The van der Waals surface area contributed by atoms with Gasteiger partial charge in [-0.05, 0) is 86.6 Å². The van der Waals surface area contributed by atoms with E-state index in [0.29, 0.717) is 15.8 Å². The van der Waals surface area contributed by atoms with Crippen molar-refractivity contribution in [2.45, 2.75) is 33.3 Å². The maximum absolute atomic E-state index is 16.5. The van der Waals surface area contributed by atoms with Crippen LogP contribution in [0.4, 0.5) is 43.6 Å². The van der Waals surface area contributed by atoms with Crippen molar-refractivity contribution in [2.24, 2.45) is 7.05 Å². The summed E-state index contributed by atoms with van der Waals surface area (Å²) in [4.78, 5) is 44.0. The highest BCUT2D eigenvalue weighted by atomic mass is 79.9. The summed E-state index contributed by atoms with van der Waals surface area (Å²) in [5, 5.41) is 3.28. The minimum atomic E-state index is -0.740. The number of aryl methyl sites for hydroxylation is 1. The van der Waals surface area contributed by atoms with Gasteiger partial charge in [0.05, 0.1) is 16.8 Å². The monoisotopic (exact) mass is 770 g/mol. The van der Waals surface area contributed by atoms with Crippen LogP contribution >= 0.6 is 31.9 Å². The van der Waals surface area contributed by atoms with E-state index in [0.717, 1.165) is 47.6 Å². The number of ether oxygens (including phenoxy) is 1. The van der Waals surface area contributed by atoms with Gasteiger partial charge in [-0.2, -0.15) is 4.98 Å². The van der Waals surface area contributed by atoms with Gasteiger partial charge in [0.1, 0.15) is 11.3 Å². The molecule has 2 aromatic heterocycles. The molecular formula is C33H37Br2FN8O3. The van der Waals surface area contributed by atoms with Crippen molar-refractivity contribution in [1.82, 2.24) is 19.4 Å². The number of fused-ring (bicyclic) bond motifs is 2. The highest BCUT2D eigenvalue weighted by Crippen LogP contribution is 2.48. The van der Waals surface area contributed by atoms with Gasteiger partial charge in [-0.25, -0.2) is 14.2 Å². The number of hydrogen-bond donors (Lipinski definition) is 1. The molecule has 4 aromatic rings. The van der Waals surface area contributed by atoms with Crippen molar-refractivity contribution < 1.29 is 13.9 Å². The predicted molar refractivity (Wildman–Crippen MR) is 191 cm³/mol. The third-order valence-electron chi connectivity index (χ3n) is 8.42. The molecule has 6 rings (SSSR count). The van der Waals surface area contributed by atoms with Crippen molar-refractivity contribution in [3.63, 3.8) is 0 Å². The number of piperazine rings is 1. The average Bonchev–Trinajstić information content (AvgIpc) is 3.02. The van der Waals surface area contributed by atoms with E-state index in [9.17, 15) is 9.59 Å². The van der Waals surface area contributed by atoms with Crippen molar-refractivity contribution in [3.8, 4) is 0 Å². The molecule has 0 bridgehead atoms. The van der Waals surface area contributed by atoms with Gasteiger partial charge >= 0.3 is 6.09 Å². The first-order valence-electron chi connectivity index (χ1n) is 15.4. The minimum Gasteiger partial charge on any atom is -0.443 e. The Bertz CT molecular complexity index is 1920. The Labute approximate surface area is 289 Å². The highest BCUT2D eigenvalue weighted by Gasteiger charge is 2.37. The van der Waals surface area contributed by atoms with Crippen molar-refractivity contribution >= 4 is 83.4 Å². The van der Waals surface area contributed by atoms with E-state index < -0.39 is 23.1 Å². The lowest BCUT2D eigenvalue weighted by molar-refractivity contribution is 0.0580. The maximum Gasteiger partial charge on any atom is 0.414 e. The van der Waals surface area contributed by atoms with Crippen LogP contribution in [0.15, 0.2) is 50.3 Å². The number of rotatable bonds is 4. The number of halogens is 3. The van der Waals surface area contributed by atoms with Crippen LogP contribution in [0.2, 0.25) is 0 Å². The van der Waals surface area contributed by atoms with Crippen LogP contribution in [0.3, 0.4) is 0 Å². The first kappa shape index (κ1) is 33.2. The van der Waals surface area contributed by atoms with Gasteiger partial charge in [0, 0.05) is 72.8 Å². The standard InChI is InChI=1S/C33H37Br2FN8O3/c1-19-23(34)17-24(35)27-26(19)44(32(46)47-33(2,3)4)16-15-43(27)28-25(36)22-18-37-31(39-29(22)41(6)30(28)45)38-20-7-9-21(10-8-20)42-13-11-40(5)12-14-42/h7-10,17-18H,11-16H2,1-6H3,(H,37,38,39). The van der Waals surface area contributed by atoms with Gasteiger partial charge in [-0.3, -0.25) is 14.3 Å². The van der Waals surface area contributed by atoms with Gasteiger partial charge in [0.2, 0.25) is 5.95 Å². The number of carbonyl (C=O) groups excluding carboxylic acids is 1. The molecule has 0 radical (unpaired) electrons. The summed E-state index contributed by atoms with van der Waals surface area (Å²) >= 11 is 7.18. The van der Waals surface area contributed by atoms with E-state index >= 15 is 4.39 Å². The Hall–Kier alpha value is -3.75. The zero-order chi connectivity index (χ0) is 33.8. The topological polar surface area (TPSA) is 99.1 Å². The quantitative estimate of drug-likeness (QED) is 0.244. The molecule has 2 aliphatic heterocycles. The number of nitrogens with one attached hydrogen (secondary N) is 1. The number of carbonyl (C=O) groups is 1. The summed E-state index contributed by atoms with van der Waals surface area (Å²) < 4.78 is 24.8. The van der Waals surface area contributed by atoms with Crippen LogP contribution in [-0.4, -0.2) is 77.4 Å². The minimum absolute atomic E-state index is 0.0964. The lowest BCUT2D eigenvalue weighted by atomic mass is 10.1. The Kier molecular flexibility index (Phi) is 8.96. The number of anilines is 6. The lowest BCUT2D eigenvalue weighted by Crippen LogP contribution is -2.46. The van der Waals surface area contributed by atoms with Crippen LogP contribution in [0, 0.1) is 12.7 Å². The highest BCUT2D eigenvalue weighted by molar-refractivity contribution is 9.11. The molecule has 1 fully saturated rings. The number of likely N-dealkylation sites (N-methyl/N-ethyl adjacent to an activating group) is 1. The molecule has 1 amide bonds. The van der Waals surface area contributed by atoms with E-state index in [-0.39, 0.29) is 35.8 Å². The van der Waals surface area contributed by atoms with Crippen molar-refractivity contribution in [1.29, 1.82) is 0 Å². The Morgan fingerprint density at radius 1 is 0.957 bits per heavy atom. The van der Waals surface area contributed by atoms with Crippen molar-refractivity contribution in [3.05, 3.63) is 67.2 Å². The number of pyridine rings is 1. The first-order valence-corrected chi connectivity index (χ1v) is 16.9. The van der Waals surface area contributed by atoms with Crippen LogP contribution in [-0.2, 0) is 11.8 Å². The fourth-order valence-electron chi connectivity index (χ4n) is 5.93. The molecule has 14 heteroatoms. The van der Waals surface area contributed by atoms with Gasteiger partial charge in [0.25, 0.3) is 5.56 Å². The normalized spacial score (nSPS) is 15.6. The number of nitrogens with zero attached hydrogens (tertiary/aromatic N) is 7. The van der Waals surface area contributed by atoms with E-state index in [4.69, 9.17) is 4.74 Å². The molecule has 0 atom stereocenters. The molecule has 2 aliphatic rings. The van der Waals surface area contributed by atoms with Crippen LogP contribution in [0.1, 0.15) is 26.3 Å². The fraction of sp³-hybridized carbons (Fsp3) is 0.394. The number of amides is 1. The SMILES string of the molecule is Cc1c(Br)cc(Br)c2c1N(C(=O)OC(C)(C)C)CCN2c1c(F)c2cnc(Nc3ccc(N4CCN(C)CC4)cc3)nc2n(C)c1=O. The summed E-state index contributed by atoms with van der Waals surface area (Å²) in [5.41, 5.74) is 2.37. The first-order chi connectivity index (χ1) is 22.2. The average molecular weight is 773 g/mol. The van der Waals surface area contributed by atoms with Gasteiger partial charge in [0.15, 0.2) is 11.5 Å². The lowest BCUT2D eigenvalue weighted by Gasteiger charge is -2.39. The van der Waals surface area contributed by atoms with E-state index in [2.05, 4.69) is 76.1 Å². The molecule has 2 aromatic carbocycles. The van der Waals surface area contributed by atoms with Gasteiger partial charge in [-0.15, -0.1) is 0 Å². The zero-order valence-corrected chi connectivity index (χ0v) is 30.4.